The summed E-state index contributed by atoms with van der Waals surface area (Å²) in [5.41, 5.74) is 6.07. The van der Waals surface area contributed by atoms with E-state index in [2.05, 4.69) is 10.3 Å². The molecule has 0 aliphatic heterocycles. The molecule has 1 aromatic rings. The highest BCUT2D eigenvalue weighted by molar-refractivity contribution is 5.81. The van der Waals surface area contributed by atoms with E-state index < -0.39 is 6.04 Å². The zero-order valence-corrected chi connectivity index (χ0v) is 10.3. The van der Waals surface area contributed by atoms with Crippen molar-refractivity contribution in [2.75, 3.05) is 6.54 Å². The summed E-state index contributed by atoms with van der Waals surface area (Å²) in [4.78, 5) is 26.6. The van der Waals surface area contributed by atoms with Gasteiger partial charge >= 0.3 is 0 Å². The minimum atomic E-state index is -0.423. The van der Waals surface area contributed by atoms with E-state index in [-0.39, 0.29) is 12.3 Å². The summed E-state index contributed by atoms with van der Waals surface area (Å²) in [5, 5.41) is 2.69. The van der Waals surface area contributed by atoms with Gasteiger partial charge < -0.3 is 15.8 Å². The fourth-order valence-electron chi connectivity index (χ4n) is 1.61. The molecule has 0 bridgehead atoms. The lowest BCUT2D eigenvalue weighted by molar-refractivity contribution is -0.123. The Bertz CT molecular complexity index is 368. The van der Waals surface area contributed by atoms with E-state index in [1.165, 1.54) is 0 Å². The van der Waals surface area contributed by atoms with Crippen molar-refractivity contribution in [3.05, 3.63) is 30.1 Å². The molecule has 1 amide bonds. The summed E-state index contributed by atoms with van der Waals surface area (Å²) in [7, 11) is 0. The molecule has 0 fully saturated rings. The first-order valence-corrected chi connectivity index (χ1v) is 6.11. The highest BCUT2D eigenvalue weighted by Crippen LogP contribution is 2.00. The molecule has 1 atom stereocenters. The number of nitrogens with one attached hydrogen (secondary N) is 1. The van der Waals surface area contributed by atoms with Crippen LogP contribution in [0.25, 0.3) is 0 Å². The van der Waals surface area contributed by atoms with Crippen LogP contribution in [0.15, 0.2) is 24.4 Å². The summed E-state index contributed by atoms with van der Waals surface area (Å²) < 4.78 is 0. The number of unbranched alkanes of at least 4 members (excludes halogenated alkanes) is 1. The smallest absolute Gasteiger partial charge is 0.226 e. The Morgan fingerprint density at radius 3 is 2.89 bits per heavy atom. The van der Waals surface area contributed by atoms with Gasteiger partial charge in [-0.3, -0.25) is 9.78 Å². The Morgan fingerprint density at radius 2 is 2.28 bits per heavy atom. The van der Waals surface area contributed by atoms with Gasteiger partial charge in [0.1, 0.15) is 6.29 Å². The third-order valence-corrected chi connectivity index (χ3v) is 2.55. The van der Waals surface area contributed by atoms with Crippen LogP contribution in [-0.2, 0) is 16.0 Å². The molecule has 1 aromatic heterocycles. The van der Waals surface area contributed by atoms with Crippen LogP contribution in [0.3, 0.4) is 0 Å². The number of hydrogen-bond donors (Lipinski definition) is 2. The van der Waals surface area contributed by atoms with Crippen LogP contribution in [0.2, 0.25) is 0 Å². The van der Waals surface area contributed by atoms with Gasteiger partial charge in [0.25, 0.3) is 0 Å². The average molecular weight is 249 g/mol. The number of pyridine rings is 1. The van der Waals surface area contributed by atoms with Crippen molar-refractivity contribution in [2.24, 2.45) is 5.73 Å². The third kappa shape index (κ3) is 5.54. The van der Waals surface area contributed by atoms with Gasteiger partial charge in [0.05, 0.1) is 12.5 Å². The third-order valence-electron chi connectivity index (χ3n) is 2.55. The topological polar surface area (TPSA) is 85.1 Å². The number of nitrogens with two attached hydrogens (primary N) is 1. The normalized spacial score (nSPS) is 11.8. The van der Waals surface area contributed by atoms with Crippen molar-refractivity contribution in [1.82, 2.24) is 10.3 Å². The van der Waals surface area contributed by atoms with Crippen LogP contribution in [0.1, 0.15) is 25.0 Å². The molecule has 5 heteroatoms. The van der Waals surface area contributed by atoms with E-state index in [1.807, 2.05) is 6.07 Å². The van der Waals surface area contributed by atoms with Crippen LogP contribution in [0.4, 0.5) is 0 Å². The minimum Gasteiger partial charge on any atom is -0.346 e. The van der Waals surface area contributed by atoms with E-state index in [0.29, 0.717) is 18.7 Å². The molecule has 0 aromatic carbocycles. The number of aromatic nitrogens is 1. The van der Waals surface area contributed by atoms with Crippen LogP contribution in [-0.4, -0.2) is 29.8 Å². The van der Waals surface area contributed by atoms with Crippen LogP contribution < -0.4 is 11.1 Å². The van der Waals surface area contributed by atoms with E-state index in [4.69, 9.17) is 5.73 Å². The number of carbonyl (C=O) groups excluding carboxylic acids is 2. The monoisotopic (exact) mass is 249 g/mol. The number of rotatable bonds is 8. The SMILES string of the molecule is NCCCC[C@@H](C=O)NC(=O)Cc1ccccn1. The lowest BCUT2D eigenvalue weighted by Crippen LogP contribution is -2.37. The lowest BCUT2D eigenvalue weighted by atomic mass is 10.1. The summed E-state index contributed by atoms with van der Waals surface area (Å²) in [6, 6.07) is 4.98. The molecule has 0 aliphatic rings. The van der Waals surface area contributed by atoms with E-state index in [9.17, 15) is 9.59 Å². The fourth-order valence-corrected chi connectivity index (χ4v) is 1.61. The quantitative estimate of drug-likeness (QED) is 0.517. The number of amides is 1. The van der Waals surface area contributed by atoms with E-state index >= 15 is 0 Å². The molecule has 5 nitrogen and oxygen atoms in total. The maximum atomic E-state index is 11.7. The Labute approximate surface area is 107 Å². The molecule has 98 valence electrons. The van der Waals surface area contributed by atoms with E-state index in [0.717, 1.165) is 19.1 Å². The largest absolute Gasteiger partial charge is 0.346 e. The first-order valence-electron chi connectivity index (χ1n) is 6.11. The van der Waals surface area contributed by atoms with Gasteiger partial charge in [-0.05, 0) is 37.9 Å². The summed E-state index contributed by atoms with van der Waals surface area (Å²) in [6.07, 6.45) is 4.94. The van der Waals surface area contributed by atoms with Gasteiger partial charge in [0.2, 0.25) is 5.91 Å². The Morgan fingerprint density at radius 1 is 1.44 bits per heavy atom. The zero-order valence-electron chi connectivity index (χ0n) is 10.3. The van der Waals surface area contributed by atoms with Gasteiger partial charge in [-0.1, -0.05) is 6.07 Å². The van der Waals surface area contributed by atoms with Gasteiger partial charge in [0, 0.05) is 11.9 Å². The molecule has 0 aliphatic carbocycles. The van der Waals surface area contributed by atoms with Crippen molar-refractivity contribution in [3.63, 3.8) is 0 Å². The van der Waals surface area contributed by atoms with E-state index in [1.54, 1.807) is 18.3 Å². The summed E-state index contributed by atoms with van der Waals surface area (Å²) in [6.45, 7) is 0.605. The maximum absolute atomic E-state index is 11.7. The molecule has 0 unspecified atom stereocenters. The number of carbonyl (C=O) groups is 2. The number of nitrogens with zero attached hydrogens (tertiary/aromatic N) is 1. The molecule has 1 heterocycles. The first-order chi connectivity index (χ1) is 8.76. The van der Waals surface area contributed by atoms with Crippen LogP contribution >= 0.6 is 0 Å². The van der Waals surface area contributed by atoms with Crippen molar-refractivity contribution in [2.45, 2.75) is 31.7 Å². The molecular formula is C13H19N3O2. The Kier molecular flexibility index (Phi) is 6.64. The van der Waals surface area contributed by atoms with Crippen LogP contribution in [0.5, 0.6) is 0 Å². The summed E-state index contributed by atoms with van der Waals surface area (Å²) in [5.74, 6) is -0.182. The van der Waals surface area contributed by atoms with Crippen molar-refractivity contribution < 1.29 is 9.59 Å². The fraction of sp³-hybridized carbons (Fsp3) is 0.462. The molecule has 18 heavy (non-hydrogen) atoms. The van der Waals surface area contributed by atoms with Crippen molar-refractivity contribution >= 4 is 12.2 Å². The molecule has 3 N–H and O–H groups in total. The summed E-state index contributed by atoms with van der Waals surface area (Å²) >= 11 is 0. The van der Waals surface area contributed by atoms with Gasteiger partial charge in [-0.15, -0.1) is 0 Å². The minimum absolute atomic E-state index is 0.182. The average Bonchev–Trinajstić information content (AvgIpc) is 2.39. The molecule has 0 spiro atoms. The lowest BCUT2D eigenvalue weighted by Gasteiger charge is -2.12. The molecular weight excluding hydrogens is 230 g/mol. The molecule has 1 rings (SSSR count). The maximum Gasteiger partial charge on any atom is 0.226 e. The second-order valence-electron chi connectivity index (χ2n) is 4.09. The van der Waals surface area contributed by atoms with Gasteiger partial charge in [-0.2, -0.15) is 0 Å². The molecule has 0 saturated carbocycles. The molecule has 0 radical (unpaired) electrons. The van der Waals surface area contributed by atoms with Crippen molar-refractivity contribution in [1.29, 1.82) is 0 Å². The highest BCUT2D eigenvalue weighted by atomic mass is 16.2. The second-order valence-corrected chi connectivity index (χ2v) is 4.09. The molecule has 0 saturated heterocycles. The van der Waals surface area contributed by atoms with Crippen LogP contribution in [0, 0.1) is 0 Å². The Balaban J connectivity index is 2.35. The second kappa shape index (κ2) is 8.36. The predicted molar refractivity (Wildman–Crippen MR) is 68.8 cm³/mol. The van der Waals surface area contributed by atoms with Gasteiger partial charge in [-0.25, -0.2) is 0 Å². The predicted octanol–water partition coefficient (Wildman–Crippen LogP) is 0.437. The highest BCUT2D eigenvalue weighted by Gasteiger charge is 2.11. The first kappa shape index (κ1) is 14.3. The number of hydrogen-bond acceptors (Lipinski definition) is 4. The number of aldehydes is 1. The Hall–Kier alpha value is -1.75. The standard InChI is InChI=1S/C13H19N3O2/c14-7-3-1-6-12(10-17)16-13(18)9-11-5-2-4-8-15-11/h2,4-5,8,10,12H,1,3,6-7,9,14H2,(H,16,18)/t12-/m0/s1. The van der Waals surface area contributed by atoms with Gasteiger partial charge in [0.15, 0.2) is 0 Å². The van der Waals surface area contributed by atoms with Crippen molar-refractivity contribution in [3.8, 4) is 0 Å². The zero-order chi connectivity index (χ0) is 13.2.